The van der Waals surface area contributed by atoms with E-state index in [0.29, 0.717) is 28.6 Å². The molecular formula is C28H23N3O6. The summed E-state index contributed by atoms with van der Waals surface area (Å²) in [4.78, 5) is 17.1. The number of benzene rings is 3. The molecule has 0 spiro atoms. The fourth-order valence-electron chi connectivity index (χ4n) is 3.44. The van der Waals surface area contributed by atoms with E-state index in [2.05, 4.69) is 16.2 Å². The molecule has 4 aromatic rings. The molecule has 0 aliphatic rings. The molecule has 9 heteroatoms. The first-order chi connectivity index (χ1) is 17.9. The second kappa shape index (κ2) is 11.1. The van der Waals surface area contributed by atoms with E-state index in [4.69, 9.17) is 23.5 Å². The highest BCUT2D eigenvalue weighted by Gasteiger charge is 2.17. The predicted molar refractivity (Wildman–Crippen MR) is 135 cm³/mol. The van der Waals surface area contributed by atoms with Crippen LogP contribution in [0.1, 0.15) is 27.4 Å². The molecule has 9 nitrogen and oxygen atoms in total. The lowest BCUT2D eigenvalue weighted by Crippen LogP contribution is -2.09. The Bertz CT molecular complexity index is 1500. The number of aromatic nitrogens is 2. The Balaban J connectivity index is 1.56. The van der Waals surface area contributed by atoms with Gasteiger partial charge in [-0.3, -0.25) is 0 Å². The van der Waals surface area contributed by atoms with Gasteiger partial charge in [0.1, 0.15) is 11.6 Å². The van der Waals surface area contributed by atoms with Crippen molar-refractivity contribution in [1.29, 1.82) is 5.26 Å². The molecule has 0 aliphatic carbocycles. The zero-order chi connectivity index (χ0) is 26.4. The maximum atomic E-state index is 12.7. The first kappa shape index (κ1) is 25.0. The minimum Gasteiger partial charge on any atom is -0.493 e. The molecule has 0 saturated carbocycles. The molecule has 0 aliphatic heterocycles. The number of carbonyl (C=O) groups is 1. The van der Waals surface area contributed by atoms with E-state index in [1.54, 1.807) is 36.4 Å². The van der Waals surface area contributed by atoms with Crippen LogP contribution in [0.25, 0.3) is 23.0 Å². The van der Waals surface area contributed by atoms with Gasteiger partial charge in [0.25, 0.3) is 5.89 Å². The zero-order valence-electron chi connectivity index (χ0n) is 20.6. The van der Waals surface area contributed by atoms with Crippen LogP contribution in [-0.4, -0.2) is 37.4 Å². The molecule has 0 bridgehead atoms. The van der Waals surface area contributed by atoms with Crippen LogP contribution in [0.2, 0.25) is 0 Å². The molecule has 0 radical (unpaired) electrons. The normalized spacial score (nSPS) is 10.9. The summed E-state index contributed by atoms with van der Waals surface area (Å²) >= 11 is 0. The highest BCUT2D eigenvalue weighted by atomic mass is 16.6. The quantitative estimate of drug-likeness (QED) is 0.180. The smallest absolute Gasteiger partial charge is 0.343 e. The lowest BCUT2D eigenvalue weighted by atomic mass is 10.1. The second-order valence-electron chi connectivity index (χ2n) is 7.83. The number of hydrogen-bond donors (Lipinski definition) is 0. The van der Waals surface area contributed by atoms with E-state index >= 15 is 0 Å². The van der Waals surface area contributed by atoms with Gasteiger partial charge < -0.3 is 23.5 Å². The van der Waals surface area contributed by atoms with Crippen LogP contribution in [-0.2, 0) is 0 Å². The number of aryl methyl sites for hydroxylation is 1. The highest BCUT2D eigenvalue weighted by Crippen LogP contribution is 2.32. The molecule has 4 rings (SSSR count). The van der Waals surface area contributed by atoms with E-state index in [1.165, 1.54) is 27.4 Å². The average molecular weight is 498 g/mol. The van der Waals surface area contributed by atoms with Gasteiger partial charge in [-0.25, -0.2) is 4.79 Å². The first-order valence-corrected chi connectivity index (χ1v) is 11.1. The van der Waals surface area contributed by atoms with Gasteiger partial charge in [0, 0.05) is 5.56 Å². The van der Waals surface area contributed by atoms with Gasteiger partial charge in [-0.05, 0) is 48.9 Å². The Morgan fingerprint density at radius 1 is 0.892 bits per heavy atom. The summed E-state index contributed by atoms with van der Waals surface area (Å²) in [6.45, 7) is 1.98. The number of nitrogens with zero attached hydrogens (tertiary/aromatic N) is 3. The van der Waals surface area contributed by atoms with E-state index in [0.717, 1.165) is 11.1 Å². The molecular weight excluding hydrogens is 474 g/mol. The van der Waals surface area contributed by atoms with Crippen molar-refractivity contribution in [2.45, 2.75) is 6.92 Å². The van der Waals surface area contributed by atoms with Crippen LogP contribution in [0.15, 0.2) is 65.2 Å². The fraction of sp³-hybridized carbons (Fsp3) is 0.143. The lowest BCUT2D eigenvalue weighted by Gasteiger charge is -2.12. The maximum Gasteiger partial charge on any atom is 0.343 e. The van der Waals surface area contributed by atoms with Crippen LogP contribution in [0.5, 0.6) is 23.0 Å². The number of nitriles is 1. The number of methoxy groups -OCH3 is 3. The molecule has 37 heavy (non-hydrogen) atoms. The number of allylic oxidation sites excluding steroid dienone is 1. The SMILES string of the molecule is COc1ccc(C(=O)Oc2ccc(/C=C(\C#N)c3nc(-c4ccc(C)cc4)no3)cc2OC)cc1OC. The van der Waals surface area contributed by atoms with E-state index in [-0.39, 0.29) is 22.8 Å². The Labute approximate surface area is 213 Å². The summed E-state index contributed by atoms with van der Waals surface area (Å²) in [5, 5.41) is 13.7. The minimum absolute atomic E-state index is 0.0843. The molecule has 0 unspecified atom stereocenters. The molecule has 0 N–H and O–H groups in total. The van der Waals surface area contributed by atoms with Crippen LogP contribution in [0.4, 0.5) is 0 Å². The first-order valence-electron chi connectivity index (χ1n) is 11.1. The van der Waals surface area contributed by atoms with E-state index in [9.17, 15) is 10.1 Å². The van der Waals surface area contributed by atoms with Gasteiger partial charge >= 0.3 is 5.97 Å². The molecule has 0 amide bonds. The molecule has 0 saturated heterocycles. The molecule has 0 fully saturated rings. The average Bonchev–Trinajstić information content (AvgIpc) is 3.42. The molecule has 0 atom stereocenters. The number of rotatable bonds is 8. The lowest BCUT2D eigenvalue weighted by molar-refractivity contribution is 0.0729. The van der Waals surface area contributed by atoms with Crippen molar-refractivity contribution in [3.63, 3.8) is 0 Å². The van der Waals surface area contributed by atoms with Crippen molar-refractivity contribution in [3.8, 4) is 40.5 Å². The van der Waals surface area contributed by atoms with Gasteiger partial charge in [0.15, 0.2) is 23.0 Å². The summed E-state index contributed by atoms with van der Waals surface area (Å²) in [6, 6.07) is 19.3. The molecule has 186 valence electrons. The van der Waals surface area contributed by atoms with Crippen LogP contribution < -0.4 is 18.9 Å². The fourth-order valence-corrected chi connectivity index (χ4v) is 3.44. The molecule has 1 heterocycles. The summed E-state index contributed by atoms with van der Waals surface area (Å²) in [7, 11) is 4.44. The van der Waals surface area contributed by atoms with Crippen molar-refractivity contribution in [3.05, 3.63) is 83.2 Å². The number of esters is 1. The Hall–Kier alpha value is -5.10. The van der Waals surface area contributed by atoms with Crippen LogP contribution in [0, 0.1) is 18.3 Å². The number of ether oxygens (including phenoxy) is 4. The molecule has 1 aromatic heterocycles. The van der Waals surface area contributed by atoms with Gasteiger partial charge in [0.05, 0.1) is 26.9 Å². The van der Waals surface area contributed by atoms with E-state index < -0.39 is 5.97 Å². The standard InChI is InChI=1S/C28H23N3O6/c1-17-5-8-19(9-6-17)26-30-27(37-31-26)21(16-29)13-18-7-11-23(24(14-18)34-3)36-28(32)20-10-12-22(33-2)25(15-20)35-4/h5-15H,1-4H3/b21-13+. The van der Waals surface area contributed by atoms with Crippen molar-refractivity contribution >= 4 is 17.6 Å². The largest absolute Gasteiger partial charge is 0.493 e. The number of hydrogen-bond acceptors (Lipinski definition) is 9. The summed E-state index contributed by atoms with van der Waals surface area (Å²) in [5.41, 5.74) is 2.94. The maximum absolute atomic E-state index is 12.7. The third-order valence-electron chi connectivity index (χ3n) is 5.41. The Morgan fingerprint density at radius 2 is 1.57 bits per heavy atom. The molecule has 3 aromatic carbocycles. The van der Waals surface area contributed by atoms with Gasteiger partial charge in [-0.2, -0.15) is 10.2 Å². The monoisotopic (exact) mass is 497 g/mol. The van der Waals surface area contributed by atoms with Gasteiger partial charge in [-0.1, -0.05) is 41.1 Å². The third-order valence-corrected chi connectivity index (χ3v) is 5.41. The zero-order valence-corrected chi connectivity index (χ0v) is 20.6. The predicted octanol–water partition coefficient (Wildman–Crippen LogP) is 5.35. The Kier molecular flexibility index (Phi) is 7.50. The third kappa shape index (κ3) is 5.60. The summed E-state index contributed by atoms with van der Waals surface area (Å²) in [6.07, 6.45) is 1.58. The van der Waals surface area contributed by atoms with Crippen molar-refractivity contribution < 1.29 is 28.3 Å². The van der Waals surface area contributed by atoms with Gasteiger partial charge in [-0.15, -0.1) is 0 Å². The van der Waals surface area contributed by atoms with Gasteiger partial charge in [0.2, 0.25) is 5.82 Å². The van der Waals surface area contributed by atoms with Crippen molar-refractivity contribution in [1.82, 2.24) is 10.1 Å². The Morgan fingerprint density at radius 3 is 2.24 bits per heavy atom. The van der Waals surface area contributed by atoms with Crippen molar-refractivity contribution in [2.24, 2.45) is 0 Å². The van der Waals surface area contributed by atoms with Crippen LogP contribution in [0.3, 0.4) is 0 Å². The topological polar surface area (TPSA) is 117 Å². The summed E-state index contributed by atoms with van der Waals surface area (Å²) in [5.74, 6) is 1.26. The van der Waals surface area contributed by atoms with Crippen molar-refractivity contribution in [2.75, 3.05) is 21.3 Å². The second-order valence-corrected chi connectivity index (χ2v) is 7.83. The van der Waals surface area contributed by atoms with Crippen LogP contribution >= 0.6 is 0 Å². The minimum atomic E-state index is -0.602. The highest BCUT2D eigenvalue weighted by molar-refractivity contribution is 5.92. The number of carbonyl (C=O) groups excluding carboxylic acids is 1. The summed E-state index contributed by atoms with van der Waals surface area (Å²) < 4.78 is 26.7. The van der Waals surface area contributed by atoms with E-state index in [1.807, 2.05) is 31.2 Å².